The number of carboxylic acid groups (broad SMARTS) is 1. The fourth-order valence-corrected chi connectivity index (χ4v) is 2.05. The normalized spacial score (nSPS) is 12.9. The molecule has 60 valence electrons. The van der Waals surface area contributed by atoms with E-state index in [1.807, 2.05) is 0 Å². The molecule has 0 aliphatic rings. The predicted molar refractivity (Wildman–Crippen MR) is 46.6 cm³/mol. The molecule has 0 saturated carbocycles. The first-order valence-electron chi connectivity index (χ1n) is 2.83. The predicted octanol–water partition coefficient (Wildman–Crippen LogP) is 1.60. The van der Waals surface area contributed by atoms with Crippen molar-refractivity contribution in [3.05, 3.63) is 20.8 Å². The van der Waals surface area contributed by atoms with E-state index < -0.39 is 12.0 Å². The standard InChI is InChI=1S/C6H6BrNO2S/c7-3-1-4(11-2-3)5(8)6(9)10/h1-2,5H,8H2,(H,9,10)/t5-/m0/s1. The van der Waals surface area contributed by atoms with Crippen LogP contribution in [0.5, 0.6) is 0 Å². The van der Waals surface area contributed by atoms with Crippen LogP contribution in [-0.2, 0) is 4.79 Å². The summed E-state index contributed by atoms with van der Waals surface area (Å²) in [7, 11) is 0. The lowest BCUT2D eigenvalue weighted by molar-refractivity contribution is -0.138. The first kappa shape index (κ1) is 8.70. The molecular formula is C6H6BrNO2S. The van der Waals surface area contributed by atoms with Crippen LogP contribution in [0, 0.1) is 0 Å². The SMILES string of the molecule is N[C@H](C(=O)O)c1cc(Br)cs1. The summed E-state index contributed by atoms with van der Waals surface area (Å²) < 4.78 is 0.870. The number of thiophene rings is 1. The molecule has 0 fully saturated rings. The van der Waals surface area contributed by atoms with E-state index in [-0.39, 0.29) is 0 Å². The van der Waals surface area contributed by atoms with Gasteiger partial charge in [-0.1, -0.05) is 0 Å². The number of carbonyl (C=O) groups is 1. The van der Waals surface area contributed by atoms with Crippen LogP contribution in [0.3, 0.4) is 0 Å². The Balaban J connectivity index is 2.84. The van der Waals surface area contributed by atoms with Gasteiger partial charge in [0.05, 0.1) is 0 Å². The molecule has 0 amide bonds. The second-order valence-corrected chi connectivity index (χ2v) is 3.84. The average molecular weight is 236 g/mol. The van der Waals surface area contributed by atoms with Gasteiger partial charge in [-0.15, -0.1) is 11.3 Å². The van der Waals surface area contributed by atoms with Crippen LogP contribution < -0.4 is 5.73 Å². The van der Waals surface area contributed by atoms with Crippen molar-refractivity contribution in [3.8, 4) is 0 Å². The molecule has 0 saturated heterocycles. The summed E-state index contributed by atoms with van der Waals surface area (Å²) in [5.41, 5.74) is 5.34. The number of rotatable bonds is 2. The molecule has 1 atom stereocenters. The summed E-state index contributed by atoms with van der Waals surface area (Å²) in [6.07, 6.45) is 0. The summed E-state index contributed by atoms with van der Waals surface area (Å²) >= 11 is 4.54. The van der Waals surface area contributed by atoms with Crippen LogP contribution in [0.4, 0.5) is 0 Å². The molecule has 11 heavy (non-hydrogen) atoms. The van der Waals surface area contributed by atoms with Crippen molar-refractivity contribution in [1.29, 1.82) is 0 Å². The molecule has 1 aromatic rings. The minimum absolute atomic E-state index is 0.657. The van der Waals surface area contributed by atoms with Crippen LogP contribution >= 0.6 is 27.3 Å². The third-order valence-corrected chi connectivity index (χ3v) is 2.94. The van der Waals surface area contributed by atoms with E-state index >= 15 is 0 Å². The summed E-state index contributed by atoms with van der Waals surface area (Å²) in [5.74, 6) is -1.00. The zero-order valence-corrected chi connectivity index (χ0v) is 7.85. The minimum atomic E-state index is -1.00. The average Bonchev–Trinajstić information content (AvgIpc) is 2.34. The van der Waals surface area contributed by atoms with E-state index in [9.17, 15) is 4.79 Å². The number of carboxylic acids is 1. The van der Waals surface area contributed by atoms with E-state index in [4.69, 9.17) is 10.8 Å². The van der Waals surface area contributed by atoms with Gasteiger partial charge < -0.3 is 10.8 Å². The lowest BCUT2D eigenvalue weighted by Gasteiger charge is -2.00. The third kappa shape index (κ3) is 2.02. The van der Waals surface area contributed by atoms with Crippen molar-refractivity contribution >= 4 is 33.2 Å². The van der Waals surface area contributed by atoms with E-state index in [1.54, 1.807) is 11.4 Å². The summed E-state index contributed by atoms with van der Waals surface area (Å²) in [4.78, 5) is 11.0. The molecule has 0 unspecified atom stereocenters. The zero-order chi connectivity index (χ0) is 8.43. The first-order chi connectivity index (χ1) is 5.11. The lowest BCUT2D eigenvalue weighted by atomic mass is 10.3. The molecule has 1 aromatic heterocycles. The van der Waals surface area contributed by atoms with Gasteiger partial charge in [0.25, 0.3) is 0 Å². The van der Waals surface area contributed by atoms with Crippen molar-refractivity contribution < 1.29 is 9.90 Å². The smallest absolute Gasteiger partial charge is 0.325 e. The van der Waals surface area contributed by atoms with Gasteiger partial charge in [-0.2, -0.15) is 0 Å². The number of nitrogens with two attached hydrogens (primary N) is 1. The quantitative estimate of drug-likeness (QED) is 0.819. The van der Waals surface area contributed by atoms with Gasteiger partial charge >= 0.3 is 5.97 Å². The maximum absolute atomic E-state index is 10.4. The molecule has 0 aromatic carbocycles. The Morgan fingerprint density at radius 3 is 2.82 bits per heavy atom. The number of hydrogen-bond acceptors (Lipinski definition) is 3. The second-order valence-electron chi connectivity index (χ2n) is 1.98. The zero-order valence-electron chi connectivity index (χ0n) is 5.45. The van der Waals surface area contributed by atoms with E-state index in [0.29, 0.717) is 4.88 Å². The maximum atomic E-state index is 10.4. The molecule has 1 heterocycles. The van der Waals surface area contributed by atoms with E-state index in [2.05, 4.69) is 15.9 Å². The van der Waals surface area contributed by atoms with Crippen molar-refractivity contribution in [2.24, 2.45) is 5.73 Å². The molecule has 0 aliphatic carbocycles. The fourth-order valence-electron chi connectivity index (χ4n) is 0.613. The maximum Gasteiger partial charge on any atom is 0.325 e. The first-order valence-corrected chi connectivity index (χ1v) is 4.51. The Labute approximate surface area is 76.0 Å². The van der Waals surface area contributed by atoms with Crippen molar-refractivity contribution in [1.82, 2.24) is 0 Å². The summed E-state index contributed by atoms with van der Waals surface area (Å²) in [6, 6.07) is 0.815. The number of aliphatic carboxylic acids is 1. The van der Waals surface area contributed by atoms with Gasteiger partial charge in [0.2, 0.25) is 0 Å². The van der Waals surface area contributed by atoms with Crippen LogP contribution in [0.15, 0.2) is 15.9 Å². The van der Waals surface area contributed by atoms with Gasteiger partial charge in [0.1, 0.15) is 6.04 Å². The molecule has 0 radical (unpaired) electrons. The van der Waals surface area contributed by atoms with Gasteiger partial charge in [0, 0.05) is 14.7 Å². The van der Waals surface area contributed by atoms with Crippen LogP contribution in [0.1, 0.15) is 10.9 Å². The highest BCUT2D eigenvalue weighted by Gasteiger charge is 2.15. The van der Waals surface area contributed by atoms with Crippen LogP contribution in [0.25, 0.3) is 0 Å². The Hall–Kier alpha value is -0.390. The molecule has 0 spiro atoms. The van der Waals surface area contributed by atoms with E-state index in [0.717, 1.165) is 4.47 Å². The Morgan fingerprint density at radius 1 is 1.82 bits per heavy atom. The topological polar surface area (TPSA) is 63.3 Å². The van der Waals surface area contributed by atoms with Crippen molar-refractivity contribution in [2.45, 2.75) is 6.04 Å². The summed E-state index contributed by atoms with van der Waals surface area (Å²) in [6.45, 7) is 0. The fraction of sp³-hybridized carbons (Fsp3) is 0.167. The van der Waals surface area contributed by atoms with Gasteiger partial charge in [-0.05, 0) is 22.0 Å². The molecule has 3 nitrogen and oxygen atoms in total. The number of hydrogen-bond donors (Lipinski definition) is 2. The molecule has 5 heteroatoms. The summed E-state index contributed by atoms with van der Waals surface area (Å²) in [5, 5.41) is 10.3. The Kier molecular flexibility index (Phi) is 2.64. The Morgan fingerprint density at radius 2 is 2.45 bits per heavy atom. The molecule has 0 aliphatic heterocycles. The molecular weight excluding hydrogens is 230 g/mol. The highest BCUT2D eigenvalue weighted by molar-refractivity contribution is 9.10. The van der Waals surface area contributed by atoms with Crippen LogP contribution in [0.2, 0.25) is 0 Å². The molecule has 0 bridgehead atoms. The highest BCUT2D eigenvalue weighted by atomic mass is 79.9. The lowest BCUT2D eigenvalue weighted by Crippen LogP contribution is -2.19. The third-order valence-electron chi connectivity index (χ3n) is 1.16. The van der Waals surface area contributed by atoms with Gasteiger partial charge in [-0.25, -0.2) is 0 Å². The second kappa shape index (κ2) is 3.34. The van der Waals surface area contributed by atoms with Gasteiger partial charge in [0.15, 0.2) is 0 Å². The highest BCUT2D eigenvalue weighted by Crippen LogP contribution is 2.24. The van der Waals surface area contributed by atoms with Crippen LogP contribution in [-0.4, -0.2) is 11.1 Å². The van der Waals surface area contributed by atoms with E-state index in [1.165, 1.54) is 11.3 Å². The molecule has 1 rings (SSSR count). The molecule has 3 N–H and O–H groups in total. The van der Waals surface area contributed by atoms with Crippen molar-refractivity contribution in [3.63, 3.8) is 0 Å². The minimum Gasteiger partial charge on any atom is -0.480 e. The number of halogens is 1. The Bertz CT molecular complexity index is 273. The largest absolute Gasteiger partial charge is 0.480 e. The monoisotopic (exact) mass is 235 g/mol. The van der Waals surface area contributed by atoms with Crippen molar-refractivity contribution in [2.75, 3.05) is 0 Å². The van der Waals surface area contributed by atoms with Gasteiger partial charge in [-0.3, -0.25) is 4.79 Å².